The first kappa shape index (κ1) is 11.0. The van der Waals surface area contributed by atoms with Gasteiger partial charge in [0.1, 0.15) is 17.5 Å². The van der Waals surface area contributed by atoms with E-state index in [0.29, 0.717) is 17.1 Å². The summed E-state index contributed by atoms with van der Waals surface area (Å²) in [6.45, 7) is 3.67. The number of rotatable bonds is 1. The fourth-order valence-corrected chi connectivity index (χ4v) is 1.58. The lowest BCUT2D eigenvalue weighted by molar-refractivity contribution is 1.01. The third-order valence-electron chi connectivity index (χ3n) is 2.29. The van der Waals surface area contributed by atoms with Crippen LogP contribution in [0, 0.1) is 25.2 Å². The molecule has 0 saturated carbocycles. The quantitative estimate of drug-likeness (QED) is 0.794. The first-order valence-electron chi connectivity index (χ1n) is 5.05. The number of aromatic amines is 1. The lowest BCUT2D eigenvalue weighted by Gasteiger charge is -2.03. The summed E-state index contributed by atoms with van der Waals surface area (Å²) in [6.07, 6.45) is 1.55. The molecule has 2 heterocycles. The van der Waals surface area contributed by atoms with Crippen molar-refractivity contribution in [1.82, 2.24) is 15.0 Å². The van der Waals surface area contributed by atoms with E-state index in [-0.39, 0.29) is 5.56 Å². The average molecular weight is 226 g/mol. The zero-order valence-electron chi connectivity index (χ0n) is 9.48. The van der Waals surface area contributed by atoms with Crippen LogP contribution in [-0.4, -0.2) is 15.0 Å². The van der Waals surface area contributed by atoms with E-state index in [0.717, 1.165) is 5.69 Å². The third-order valence-corrected chi connectivity index (χ3v) is 2.29. The zero-order chi connectivity index (χ0) is 12.4. The summed E-state index contributed by atoms with van der Waals surface area (Å²) < 4.78 is 0. The maximum Gasteiger partial charge on any atom is 0.265 e. The Labute approximate surface area is 97.8 Å². The SMILES string of the molecule is Cc1cc(-c2c[nH]c(=O)c(C#N)c2)nc(C)n1. The van der Waals surface area contributed by atoms with Crippen molar-refractivity contribution in [3.8, 4) is 17.3 Å². The largest absolute Gasteiger partial charge is 0.327 e. The first-order valence-corrected chi connectivity index (χ1v) is 5.05. The molecule has 0 fully saturated rings. The molecule has 0 atom stereocenters. The van der Waals surface area contributed by atoms with Crippen molar-refractivity contribution in [3.05, 3.63) is 45.8 Å². The molecule has 0 spiro atoms. The van der Waals surface area contributed by atoms with Crippen molar-refractivity contribution in [3.63, 3.8) is 0 Å². The van der Waals surface area contributed by atoms with Crippen LogP contribution in [0.3, 0.4) is 0 Å². The minimum absolute atomic E-state index is 0.0800. The van der Waals surface area contributed by atoms with Gasteiger partial charge in [0.2, 0.25) is 0 Å². The van der Waals surface area contributed by atoms with Crippen LogP contribution < -0.4 is 5.56 Å². The van der Waals surface area contributed by atoms with E-state index in [1.54, 1.807) is 13.1 Å². The molecule has 2 aromatic rings. The monoisotopic (exact) mass is 226 g/mol. The smallest absolute Gasteiger partial charge is 0.265 e. The molecule has 5 nitrogen and oxygen atoms in total. The second-order valence-electron chi connectivity index (χ2n) is 3.68. The van der Waals surface area contributed by atoms with Crippen LogP contribution in [0.5, 0.6) is 0 Å². The van der Waals surface area contributed by atoms with E-state index in [2.05, 4.69) is 15.0 Å². The van der Waals surface area contributed by atoms with Crippen LogP contribution >= 0.6 is 0 Å². The molecule has 1 N–H and O–H groups in total. The summed E-state index contributed by atoms with van der Waals surface area (Å²) in [7, 11) is 0. The van der Waals surface area contributed by atoms with E-state index >= 15 is 0 Å². The van der Waals surface area contributed by atoms with Crippen molar-refractivity contribution in [2.45, 2.75) is 13.8 Å². The van der Waals surface area contributed by atoms with Gasteiger partial charge in [0.05, 0.1) is 5.69 Å². The molecule has 0 aromatic carbocycles. The summed E-state index contributed by atoms with van der Waals surface area (Å²) in [5.41, 5.74) is 1.94. The first-order chi connectivity index (χ1) is 8.10. The highest BCUT2D eigenvalue weighted by Gasteiger charge is 2.05. The molecule has 0 bridgehead atoms. The molecular formula is C12H10N4O. The molecule has 2 rings (SSSR count). The summed E-state index contributed by atoms with van der Waals surface area (Å²) in [6, 6.07) is 5.18. The zero-order valence-corrected chi connectivity index (χ0v) is 9.48. The van der Waals surface area contributed by atoms with Gasteiger partial charge in [-0.05, 0) is 26.0 Å². The minimum atomic E-state index is -0.390. The standard InChI is InChI=1S/C12H10N4O/c1-7-3-11(16-8(2)15-7)10-4-9(5-13)12(17)14-6-10/h3-4,6H,1-2H3,(H,14,17). The van der Waals surface area contributed by atoms with E-state index in [1.165, 1.54) is 6.07 Å². The summed E-state index contributed by atoms with van der Waals surface area (Å²) in [5, 5.41) is 8.80. The van der Waals surface area contributed by atoms with Crippen molar-refractivity contribution in [2.75, 3.05) is 0 Å². The number of aromatic nitrogens is 3. The number of H-pyrrole nitrogens is 1. The molecule has 0 unspecified atom stereocenters. The van der Waals surface area contributed by atoms with E-state index in [1.807, 2.05) is 19.1 Å². The van der Waals surface area contributed by atoms with Crippen molar-refractivity contribution in [2.24, 2.45) is 0 Å². The number of nitriles is 1. The second-order valence-corrected chi connectivity index (χ2v) is 3.68. The van der Waals surface area contributed by atoms with Gasteiger partial charge in [0.25, 0.3) is 5.56 Å². The van der Waals surface area contributed by atoms with Gasteiger partial charge in [-0.2, -0.15) is 5.26 Å². The lowest BCUT2D eigenvalue weighted by Crippen LogP contribution is -2.09. The average Bonchev–Trinajstić information content (AvgIpc) is 2.28. The Morgan fingerprint density at radius 3 is 2.71 bits per heavy atom. The van der Waals surface area contributed by atoms with Crippen LogP contribution in [0.2, 0.25) is 0 Å². The normalized spacial score (nSPS) is 9.94. The molecular weight excluding hydrogens is 216 g/mol. The van der Waals surface area contributed by atoms with E-state index in [9.17, 15) is 4.79 Å². The summed E-state index contributed by atoms with van der Waals surface area (Å²) in [5.74, 6) is 0.657. The summed E-state index contributed by atoms with van der Waals surface area (Å²) in [4.78, 5) is 22.2. The second kappa shape index (κ2) is 4.18. The van der Waals surface area contributed by atoms with Crippen LogP contribution in [-0.2, 0) is 0 Å². The Morgan fingerprint density at radius 2 is 2.06 bits per heavy atom. The third kappa shape index (κ3) is 2.21. The highest BCUT2D eigenvalue weighted by atomic mass is 16.1. The minimum Gasteiger partial charge on any atom is -0.327 e. The van der Waals surface area contributed by atoms with Gasteiger partial charge in [0.15, 0.2) is 0 Å². The molecule has 84 valence electrons. The van der Waals surface area contributed by atoms with Gasteiger partial charge in [-0.15, -0.1) is 0 Å². The van der Waals surface area contributed by atoms with Crippen LogP contribution in [0.25, 0.3) is 11.3 Å². The maximum atomic E-state index is 11.3. The highest BCUT2D eigenvalue weighted by molar-refractivity contribution is 5.60. The number of hydrogen-bond donors (Lipinski definition) is 1. The van der Waals surface area contributed by atoms with Crippen molar-refractivity contribution < 1.29 is 0 Å². The predicted octanol–water partition coefficient (Wildman–Crippen LogP) is 1.32. The molecule has 0 radical (unpaired) electrons. The molecule has 0 aliphatic carbocycles. The van der Waals surface area contributed by atoms with Gasteiger partial charge in [0, 0.05) is 17.5 Å². The number of hydrogen-bond acceptors (Lipinski definition) is 4. The van der Waals surface area contributed by atoms with Gasteiger partial charge in [-0.25, -0.2) is 9.97 Å². The van der Waals surface area contributed by atoms with Crippen molar-refractivity contribution >= 4 is 0 Å². The number of pyridine rings is 1. The van der Waals surface area contributed by atoms with Crippen LogP contribution in [0.15, 0.2) is 23.1 Å². The van der Waals surface area contributed by atoms with Gasteiger partial charge >= 0.3 is 0 Å². The number of nitrogens with zero attached hydrogens (tertiary/aromatic N) is 3. The van der Waals surface area contributed by atoms with E-state index < -0.39 is 5.56 Å². The molecule has 2 aromatic heterocycles. The molecule has 0 aliphatic rings. The molecule has 0 aliphatic heterocycles. The number of nitrogens with one attached hydrogen (secondary N) is 1. The van der Waals surface area contributed by atoms with Crippen molar-refractivity contribution in [1.29, 1.82) is 5.26 Å². The topological polar surface area (TPSA) is 82.4 Å². The predicted molar refractivity (Wildman–Crippen MR) is 62.3 cm³/mol. The highest BCUT2D eigenvalue weighted by Crippen LogP contribution is 2.16. The van der Waals surface area contributed by atoms with E-state index in [4.69, 9.17) is 5.26 Å². The molecule has 5 heteroatoms. The van der Waals surface area contributed by atoms with Crippen LogP contribution in [0.1, 0.15) is 17.1 Å². The van der Waals surface area contributed by atoms with Crippen LogP contribution in [0.4, 0.5) is 0 Å². The Balaban J connectivity index is 2.61. The molecule has 0 saturated heterocycles. The Bertz CT molecular complexity index is 647. The Morgan fingerprint density at radius 1 is 1.29 bits per heavy atom. The van der Waals surface area contributed by atoms with Gasteiger partial charge < -0.3 is 4.98 Å². The molecule has 0 amide bonds. The maximum absolute atomic E-state index is 11.3. The Hall–Kier alpha value is -2.48. The number of aryl methyl sites for hydroxylation is 2. The Kier molecular flexibility index (Phi) is 2.71. The fourth-order valence-electron chi connectivity index (χ4n) is 1.58. The molecule has 17 heavy (non-hydrogen) atoms. The fraction of sp³-hybridized carbons (Fsp3) is 0.167. The van der Waals surface area contributed by atoms with Gasteiger partial charge in [-0.1, -0.05) is 0 Å². The summed E-state index contributed by atoms with van der Waals surface area (Å²) >= 11 is 0. The lowest BCUT2D eigenvalue weighted by atomic mass is 10.1. The van der Waals surface area contributed by atoms with Gasteiger partial charge in [-0.3, -0.25) is 4.79 Å².